The summed E-state index contributed by atoms with van der Waals surface area (Å²) in [5.74, 6) is -1.50. The van der Waals surface area contributed by atoms with E-state index in [1.165, 1.54) is 16.8 Å². The van der Waals surface area contributed by atoms with Crippen molar-refractivity contribution < 1.29 is 23.8 Å². The molecule has 178 valence electrons. The molecule has 1 saturated carbocycles. The molecule has 2 aromatic carbocycles. The van der Waals surface area contributed by atoms with Gasteiger partial charge in [0.2, 0.25) is 0 Å². The van der Waals surface area contributed by atoms with Crippen LogP contribution in [0.4, 0.5) is 10.2 Å². The fourth-order valence-electron chi connectivity index (χ4n) is 4.74. The third-order valence-corrected chi connectivity index (χ3v) is 6.89. The van der Waals surface area contributed by atoms with Gasteiger partial charge in [0.1, 0.15) is 5.82 Å². The van der Waals surface area contributed by atoms with Crippen molar-refractivity contribution in [3.05, 3.63) is 58.4 Å². The van der Waals surface area contributed by atoms with Crippen LogP contribution in [-0.4, -0.2) is 52.6 Å². The zero-order valence-electron chi connectivity index (χ0n) is 18.7. The lowest BCUT2D eigenvalue weighted by molar-refractivity contribution is -0.152. The Morgan fingerprint density at radius 3 is 2.68 bits per heavy atom. The fourth-order valence-corrected chi connectivity index (χ4v) is 5.00. The van der Waals surface area contributed by atoms with Crippen molar-refractivity contribution in [1.82, 2.24) is 9.78 Å². The van der Waals surface area contributed by atoms with E-state index >= 15 is 4.39 Å². The summed E-state index contributed by atoms with van der Waals surface area (Å²) in [6.45, 7) is 2.37. The van der Waals surface area contributed by atoms with Crippen LogP contribution < -0.4 is 4.90 Å². The normalized spacial score (nSPS) is 20.5. The first-order valence-corrected chi connectivity index (χ1v) is 11.9. The number of halogens is 2. The number of nitrogens with zero attached hydrogens (tertiary/aromatic N) is 3. The maximum Gasteiger partial charge on any atom is 0.311 e. The fraction of sp³-hybridized carbons (Fsp3) is 0.400. The summed E-state index contributed by atoms with van der Waals surface area (Å²) < 4.78 is 21.3. The predicted molar refractivity (Wildman–Crippen MR) is 126 cm³/mol. The SMILES string of the molecule is CCOC(=O)[C@H]1CCN(c2nn(C(=O)c3c(Cl)cccc3C3CC3)c3cccc(F)c23)C[C@@H]1O. The Bertz CT molecular complexity index is 1270. The molecule has 1 saturated heterocycles. The number of ether oxygens (including phenoxy) is 1. The second kappa shape index (κ2) is 9.00. The van der Waals surface area contributed by atoms with Gasteiger partial charge in [-0.3, -0.25) is 9.59 Å². The third kappa shape index (κ3) is 3.95. The number of aliphatic hydroxyl groups is 1. The van der Waals surface area contributed by atoms with Crippen molar-refractivity contribution in [3.63, 3.8) is 0 Å². The molecule has 1 N–H and O–H groups in total. The predicted octanol–water partition coefficient (Wildman–Crippen LogP) is 4.15. The minimum Gasteiger partial charge on any atom is -0.466 e. The third-order valence-electron chi connectivity index (χ3n) is 6.58. The van der Waals surface area contributed by atoms with E-state index < -0.39 is 29.7 Å². The maximum atomic E-state index is 15.0. The molecule has 34 heavy (non-hydrogen) atoms. The monoisotopic (exact) mass is 485 g/mol. The van der Waals surface area contributed by atoms with Crippen molar-refractivity contribution in [2.45, 2.75) is 38.2 Å². The van der Waals surface area contributed by atoms with E-state index in [4.69, 9.17) is 16.3 Å². The Balaban J connectivity index is 1.54. The minimum atomic E-state index is -1.000. The first kappa shape index (κ1) is 22.8. The molecule has 0 amide bonds. The highest BCUT2D eigenvalue weighted by molar-refractivity contribution is 6.34. The highest BCUT2D eigenvalue weighted by Gasteiger charge is 2.37. The van der Waals surface area contributed by atoms with Gasteiger partial charge in [-0.15, -0.1) is 5.10 Å². The van der Waals surface area contributed by atoms with E-state index in [1.807, 2.05) is 12.1 Å². The molecule has 3 aromatic rings. The number of carbonyl (C=O) groups excluding carboxylic acids is 2. The van der Waals surface area contributed by atoms with Crippen LogP contribution in [0, 0.1) is 11.7 Å². The van der Waals surface area contributed by atoms with Gasteiger partial charge in [-0.2, -0.15) is 4.68 Å². The Morgan fingerprint density at radius 1 is 1.21 bits per heavy atom. The molecule has 5 rings (SSSR count). The zero-order chi connectivity index (χ0) is 24.0. The van der Waals surface area contributed by atoms with Gasteiger partial charge >= 0.3 is 5.97 Å². The number of piperidine rings is 1. The van der Waals surface area contributed by atoms with E-state index in [-0.39, 0.29) is 30.3 Å². The maximum absolute atomic E-state index is 15.0. The lowest BCUT2D eigenvalue weighted by Gasteiger charge is -2.34. The van der Waals surface area contributed by atoms with Gasteiger partial charge in [0.15, 0.2) is 5.82 Å². The Kier molecular flexibility index (Phi) is 6.04. The van der Waals surface area contributed by atoms with Gasteiger partial charge in [-0.1, -0.05) is 29.8 Å². The number of benzene rings is 2. The Morgan fingerprint density at radius 2 is 1.97 bits per heavy atom. The summed E-state index contributed by atoms with van der Waals surface area (Å²) in [6, 6.07) is 9.89. The van der Waals surface area contributed by atoms with Crippen LogP contribution in [0.5, 0.6) is 0 Å². The lowest BCUT2D eigenvalue weighted by Crippen LogP contribution is -2.47. The summed E-state index contributed by atoms with van der Waals surface area (Å²) in [5.41, 5.74) is 1.58. The van der Waals surface area contributed by atoms with Crippen molar-refractivity contribution >= 4 is 40.2 Å². The average molecular weight is 486 g/mol. The van der Waals surface area contributed by atoms with Crippen molar-refractivity contribution in [2.75, 3.05) is 24.6 Å². The summed E-state index contributed by atoms with van der Waals surface area (Å²) in [6.07, 6.45) is 1.31. The number of fused-ring (bicyclic) bond motifs is 1. The van der Waals surface area contributed by atoms with Gasteiger partial charge < -0.3 is 14.7 Å². The molecule has 0 bridgehead atoms. The molecule has 2 fully saturated rings. The van der Waals surface area contributed by atoms with Crippen LogP contribution >= 0.6 is 11.6 Å². The van der Waals surface area contributed by atoms with Crippen LogP contribution in [-0.2, 0) is 9.53 Å². The standard InChI is InChI=1S/C25H25ClFN3O4/c1-2-34-25(33)16-11-12-29(13-20(16)31)23-22-18(27)7-4-8-19(22)30(28-23)24(32)21-15(14-9-10-14)5-3-6-17(21)26/h3-8,14,16,20,31H,2,9-13H2,1H3/t16-,20-/m0/s1. The lowest BCUT2D eigenvalue weighted by atomic mass is 9.94. The molecule has 0 unspecified atom stereocenters. The summed E-state index contributed by atoms with van der Waals surface area (Å²) >= 11 is 6.45. The molecule has 1 aliphatic heterocycles. The Hall–Kier alpha value is -2.97. The van der Waals surface area contributed by atoms with Crippen LogP contribution in [0.15, 0.2) is 36.4 Å². The molecule has 1 aromatic heterocycles. The molecule has 2 aliphatic rings. The average Bonchev–Trinajstić information content (AvgIpc) is 3.58. The first-order valence-electron chi connectivity index (χ1n) is 11.5. The van der Waals surface area contributed by atoms with Crippen LogP contribution in [0.25, 0.3) is 10.9 Å². The topological polar surface area (TPSA) is 84.7 Å². The van der Waals surface area contributed by atoms with Crippen molar-refractivity contribution in [1.29, 1.82) is 0 Å². The molecule has 0 radical (unpaired) electrons. The van der Waals surface area contributed by atoms with Gasteiger partial charge in [0, 0.05) is 13.1 Å². The first-order chi connectivity index (χ1) is 16.4. The summed E-state index contributed by atoms with van der Waals surface area (Å²) in [4.78, 5) is 27.6. The molecule has 2 atom stereocenters. The minimum absolute atomic E-state index is 0.0670. The molecule has 1 aliphatic carbocycles. The van der Waals surface area contributed by atoms with Crippen LogP contribution in [0.1, 0.15) is 48.0 Å². The van der Waals surface area contributed by atoms with E-state index in [2.05, 4.69) is 5.10 Å². The van der Waals surface area contributed by atoms with E-state index in [0.29, 0.717) is 29.1 Å². The Labute approximate surface area is 201 Å². The van der Waals surface area contributed by atoms with Crippen LogP contribution in [0.2, 0.25) is 5.02 Å². The molecule has 0 spiro atoms. The number of rotatable bonds is 5. The molecule has 7 nitrogen and oxygen atoms in total. The van der Waals surface area contributed by atoms with Crippen molar-refractivity contribution in [3.8, 4) is 0 Å². The molecular formula is C25H25ClFN3O4. The highest BCUT2D eigenvalue weighted by atomic mass is 35.5. The molecule has 9 heteroatoms. The highest BCUT2D eigenvalue weighted by Crippen LogP contribution is 2.43. The number of β-amino-alcohol motifs (C(OH)–C–C–N with tert-alkyl or cyclic N) is 1. The van der Waals surface area contributed by atoms with Gasteiger partial charge in [-0.05, 0) is 55.9 Å². The van der Waals surface area contributed by atoms with E-state index in [0.717, 1.165) is 18.4 Å². The summed E-state index contributed by atoms with van der Waals surface area (Å²) in [5, 5.41) is 15.7. The van der Waals surface area contributed by atoms with Crippen molar-refractivity contribution in [2.24, 2.45) is 5.92 Å². The second-order valence-electron chi connectivity index (χ2n) is 8.81. The number of hydrogen-bond donors (Lipinski definition) is 1. The number of aliphatic hydroxyl groups excluding tert-OH is 1. The second-order valence-corrected chi connectivity index (χ2v) is 9.22. The molecule has 2 heterocycles. The van der Waals surface area contributed by atoms with E-state index in [9.17, 15) is 14.7 Å². The summed E-state index contributed by atoms with van der Waals surface area (Å²) in [7, 11) is 0. The quantitative estimate of drug-likeness (QED) is 0.547. The number of anilines is 1. The zero-order valence-corrected chi connectivity index (χ0v) is 19.5. The number of carbonyl (C=O) groups is 2. The smallest absolute Gasteiger partial charge is 0.311 e. The number of aromatic nitrogens is 2. The van der Waals surface area contributed by atoms with Gasteiger partial charge in [-0.25, -0.2) is 4.39 Å². The largest absolute Gasteiger partial charge is 0.466 e. The molecular weight excluding hydrogens is 461 g/mol. The van der Waals surface area contributed by atoms with Gasteiger partial charge in [0.25, 0.3) is 5.91 Å². The van der Waals surface area contributed by atoms with Gasteiger partial charge in [0.05, 0.1) is 40.1 Å². The van der Waals surface area contributed by atoms with Crippen LogP contribution in [0.3, 0.4) is 0 Å². The van der Waals surface area contributed by atoms with E-state index in [1.54, 1.807) is 24.0 Å². The number of esters is 1. The number of hydrogen-bond acceptors (Lipinski definition) is 6.